The third-order valence-electron chi connectivity index (χ3n) is 5.60. The Bertz CT molecular complexity index is 927. The standard InChI is InChI=1S/C22H19BrO2/c1-13-10-19-18(11-20-22(21(19)23)25-12-24-20)16(13)9-8-15-7-6-14-4-2-3-5-17(14)15/h2-7,10,15H,8-9,11-12H2,1H3. The molecule has 25 heavy (non-hydrogen) atoms. The van der Waals surface area contributed by atoms with Crippen LogP contribution in [0.25, 0.3) is 6.08 Å². The topological polar surface area (TPSA) is 18.5 Å². The highest BCUT2D eigenvalue weighted by Crippen LogP contribution is 2.48. The SMILES string of the molecule is CC1=CC2=C(Br)C3=C(CC2=C1CCC1C=Cc2ccccc21)OCO3. The van der Waals surface area contributed by atoms with Crippen molar-refractivity contribution in [2.24, 2.45) is 0 Å². The van der Waals surface area contributed by atoms with E-state index in [1.54, 1.807) is 0 Å². The number of fused-ring (bicyclic) bond motifs is 2. The summed E-state index contributed by atoms with van der Waals surface area (Å²) in [5, 5.41) is 0. The molecule has 2 nitrogen and oxygen atoms in total. The molecule has 0 radical (unpaired) electrons. The fourth-order valence-electron chi connectivity index (χ4n) is 4.32. The first kappa shape index (κ1) is 15.3. The molecule has 0 spiro atoms. The van der Waals surface area contributed by atoms with Crippen molar-refractivity contribution >= 4 is 22.0 Å². The van der Waals surface area contributed by atoms with E-state index in [9.17, 15) is 0 Å². The van der Waals surface area contributed by atoms with E-state index in [0.717, 1.165) is 35.3 Å². The van der Waals surface area contributed by atoms with E-state index < -0.39 is 0 Å². The van der Waals surface area contributed by atoms with Crippen LogP contribution in [0.1, 0.15) is 43.2 Å². The Balaban J connectivity index is 1.42. The lowest BCUT2D eigenvalue weighted by Gasteiger charge is -2.18. The highest BCUT2D eigenvalue weighted by molar-refractivity contribution is 9.12. The van der Waals surface area contributed by atoms with Gasteiger partial charge in [-0.3, -0.25) is 0 Å². The first-order chi connectivity index (χ1) is 12.2. The van der Waals surface area contributed by atoms with Gasteiger partial charge in [0.25, 0.3) is 0 Å². The molecule has 5 rings (SSSR count). The van der Waals surface area contributed by atoms with Gasteiger partial charge < -0.3 is 9.47 Å². The molecule has 1 atom stereocenters. The second-order valence-corrected chi connectivity index (χ2v) is 7.77. The van der Waals surface area contributed by atoms with Crippen molar-refractivity contribution in [3.05, 3.63) is 85.8 Å². The summed E-state index contributed by atoms with van der Waals surface area (Å²) < 4.78 is 12.3. The van der Waals surface area contributed by atoms with Crippen molar-refractivity contribution in [2.45, 2.75) is 32.1 Å². The molecule has 0 amide bonds. The van der Waals surface area contributed by atoms with Crippen LogP contribution in [0.4, 0.5) is 0 Å². The molecule has 1 aliphatic heterocycles. The molecule has 126 valence electrons. The predicted octanol–water partition coefficient (Wildman–Crippen LogP) is 6.10. The third kappa shape index (κ3) is 2.36. The zero-order valence-corrected chi connectivity index (χ0v) is 15.7. The summed E-state index contributed by atoms with van der Waals surface area (Å²) in [5.74, 6) is 2.38. The minimum Gasteiger partial charge on any atom is -0.458 e. The summed E-state index contributed by atoms with van der Waals surface area (Å²) >= 11 is 3.72. The highest BCUT2D eigenvalue weighted by Gasteiger charge is 2.33. The zero-order valence-electron chi connectivity index (χ0n) is 14.1. The maximum absolute atomic E-state index is 5.67. The van der Waals surface area contributed by atoms with E-state index in [-0.39, 0.29) is 0 Å². The lowest BCUT2D eigenvalue weighted by molar-refractivity contribution is 0.0734. The van der Waals surface area contributed by atoms with Crippen LogP contribution in [0.5, 0.6) is 0 Å². The summed E-state index contributed by atoms with van der Waals surface area (Å²) in [5.41, 5.74) is 8.37. The van der Waals surface area contributed by atoms with E-state index in [1.165, 1.54) is 33.4 Å². The second-order valence-electron chi connectivity index (χ2n) is 6.98. The summed E-state index contributed by atoms with van der Waals surface area (Å²) in [6, 6.07) is 8.73. The number of rotatable bonds is 3. The Labute approximate surface area is 156 Å². The van der Waals surface area contributed by atoms with E-state index in [2.05, 4.69) is 65.3 Å². The monoisotopic (exact) mass is 394 g/mol. The van der Waals surface area contributed by atoms with Gasteiger partial charge in [0.1, 0.15) is 5.76 Å². The summed E-state index contributed by atoms with van der Waals surface area (Å²) in [7, 11) is 0. The van der Waals surface area contributed by atoms with Gasteiger partial charge >= 0.3 is 0 Å². The molecule has 0 bridgehead atoms. The average molecular weight is 395 g/mol. The van der Waals surface area contributed by atoms with Crippen LogP contribution in [-0.2, 0) is 9.47 Å². The summed E-state index contributed by atoms with van der Waals surface area (Å²) in [6.07, 6.45) is 9.99. The van der Waals surface area contributed by atoms with Crippen molar-refractivity contribution < 1.29 is 9.47 Å². The van der Waals surface area contributed by atoms with Gasteiger partial charge in [-0.2, -0.15) is 0 Å². The van der Waals surface area contributed by atoms with Crippen molar-refractivity contribution in [3.63, 3.8) is 0 Å². The Morgan fingerprint density at radius 3 is 3.00 bits per heavy atom. The average Bonchev–Trinajstić information content (AvgIpc) is 3.31. The molecule has 0 N–H and O–H groups in total. The van der Waals surface area contributed by atoms with E-state index in [4.69, 9.17) is 9.47 Å². The molecule has 0 aromatic heterocycles. The lowest BCUT2D eigenvalue weighted by Crippen LogP contribution is -2.03. The molecule has 1 aromatic rings. The molecule has 0 saturated carbocycles. The molecule has 3 aliphatic carbocycles. The number of allylic oxidation sites excluding steroid dienone is 7. The Hall–Kier alpha value is -2.00. The van der Waals surface area contributed by atoms with Crippen LogP contribution in [0.2, 0.25) is 0 Å². The normalized spacial score (nSPS) is 23.4. The van der Waals surface area contributed by atoms with Crippen LogP contribution < -0.4 is 0 Å². The molecular formula is C22H19BrO2. The molecule has 1 unspecified atom stereocenters. The second kappa shape index (κ2) is 5.77. The highest BCUT2D eigenvalue weighted by atomic mass is 79.9. The van der Waals surface area contributed by atoms with Gasteiger partial charge in [-0.1, -0.05) is 42.5 Å². The van der Waals surface area contributed by atoms with Crippen LogP contribution in [0.3, 0.4) is 0 Å². The van der Waals surface area contributed by atoms with Gasteiger partial charge in [-0.25, -0.2) is 0 Å². The number of hydrogen-bond donors (Lipinski definition) is 0. The smallest absolute Gasteiger partial charge is 0.230 e. The molecule has 0 fully saturated rings. The first-order valence-electron chi connectivity index (χ1n) is 8.79. The minimum absolute atomic E-state index is 0.335. The first-order valence-corrected chi connectivity index (χ1v) is 9.59. The van der Waals surface area contributed by atoms with Gasteiger partial charge in [0, 0.05) is 12.3 Å². The number of hydrogen-bond acceptors (Lipinski definition) is 2. The largest absolute Gasteiger partial charge is 0.458 e. The van der Waals surface area contributed by atoms with Crippen LogP contribution in [0.15, 0.2) is 74.7 Å². The lowest BCUT2D eigenvalue weighted by atomic mass is 9.89. The van der Waals surface area contributed by atoms with E-state index in [1.807, 2.05) is 0 Å². The van der Waals surface area contributed by atoms with Gasteiger partial charge in [-0.05, 0) is 69.1 Å². The van der Waals surface area contributed by atoms with Crippen molar-refractivity contribution in [2.75, 3.05) is 6.79 Å². The Kier molecular flexibility index (Phi) is 3.53. The fourth-order valence-corrected chi connectivity index (χ4v) is 5.01. The zero-order chi connectivity index (χ0) is 17.0. The molecular weight excluding hydrogens is 376 g/mol. The Morgan fingerprint density at radius 1 is 1.20 bits per heavy atom. The van der Waals surface area contributed by atoms with Crippen LogP contribution in [-0.4, -0.2) is 6.79 Å². The number of halogens is 1. The minimum atomic E-state index is 0.335. The van der Waals surface area contributed by atoms with Crippen molar-refractivity contribution in [3.8, 4) is 0 Å². The van der Waals surface area contributed by atoms with E-state index in [0.29, 0.717) is 12.7 Å². The van der Waals surface area contributed by atoms with E-state index >= 15 is 0 Å². The maximum atomic E-state index is 5.67. The fraction of sp³-hybridized carbons (Fsp3) is 0.273. The predicted molar refractivity (Wildman–Crippen MR) is 103 cm³/mol. The van der Waals surface area contributed by atoms with Gasteiger partial charge in [-0.15, -0.1) is 0 Å². The summed E-state index contributed by atoms with van der Waals surface area (Å²) in [6.45, 7) is 2.56. The molecule has 1 aromatic carbocycles. The molecule has 4 aliphatic rings. The third-order valence-corrected chi connectivity index (χ3v) is 6.39. The number of ether oxygens (including phenoxy) is 2. The van der Waals surface area contributed by atoms with Crippen molar-refractivity contribution in [1.29, 1.82) is 0 Å². The van der Waals surface area contributed by atoms with Gasteiger partial charge in [0.15, 0.2) is 5.76 Å². The van der Waals surface area contributed by atoms with Gasteiger partial charge in [0.2, 0.25) is 6.79 Å². The van der Waals surface area contributed by atoms with Gasteiger partial charge in [0.05, 0.1) is 4.48 Å². The maximum Gasteiger partial charge on any atom is 0.230 e. The van der Waals surface area contributed by atoms with Crippen molar-refractivity contribution in [1.82, 2.24) is 0 Å². The van der Waals surface area contributed by atoms with Crippen LogP contribution in [0, 0.1) is 0 Å². The number of benzene rings is 1. The molecule has 0 saturated heterocycles. The Morgan fingerprint density at radius 2 is 2.08 bits per heavy atom. The molecule has 1 heterocycles. The summed E-state index contributed by atoms with van der Waals surface area (Å²) in [4.78, 5) is 0. The quantitative estimate of drug-likeness (QED) is 0.616. The van der Waals surface area contributed by atoms with Crippen LogP contribution >= 0.6 is 15.9 Å². The molecule has 3 heteroatoms.